The van der Waals surface area contributed by atoms with Crippen molar-refractivity contribution >= 4 is 23.3 Å². The molecule has 0 bridgehead atoms. The Morgan fingerprint density at radius 1 is 1.00 bits per heavy atom. The van der Waals surface area contributed by atoms with Gasteiger partial charge in [0.15, 0.2) is 0 Å². The van der Waals surface area contributed by atoms with Gasteiger partial charge in [-0.05, 0) is 35.9 Å². The van der Waals surface area contributed by atoms with Gasteiger partial charge in [0.05, 0.1) is 18.7 Å². The number of anilines is 2. The first-order valence-corrected chi connectivity index (χ1v) is 10.3. The third-order valence-electron chi connectivity index (χ3n) is 6.08. The maximum Gasteiger partial charge on any atom is 0.326 e. The number of nitrogens with one attached hydrogen (secondary N) is 1. The molecule has 2 aliphatic heterocycles. The van der Waals surface area contributed by atoms with Crippen molar-refractivity contribution in [2.75, 3.05) is 23.4 Å². The minimum atomic E-state index is -0.347. The molecule has 7 heteroatoms. The monoisotopic (exact) mass is 414 g/mol. The highest BCUT2D eigenvalue weighted by molar-refractivity contribution is 6.03. The largest absolute Gasteiger partial charge is 0.394 e. The lowest BCUT2D eigenvalue weighted by Crippen LogP contribution is -2.71. The lowest BCUT2D eigenvalue weighted by molar-refractivity contribution is -0.0245. The molecule has 0 aliphatic carbocycles. The second kappa shape index (κ2) is 7.85. The second-order valence-corrected chi connectivity index (χ2v) is 7.74. The highest BCUT2D eigenvalue weighted by Crippen LogP contribution is 2.48. The van der Waals surface area contributed by atoms with Gasteiger partial charge >= 0.3 is 6.03 Å². The highest BCUT2D eigenvalue weighted by atomic mass is 16.3. The van der Waals surface area contributed by atoms with Gasteiger partial charge in [-0.2, -0.15) is 0 Å². The van der Waals surface area contributed by atoms with Gasteiger partial charge in [0, 0.05) is 30.0 Å². The Kier molecular flexibility index (Phi) is 4.88. The molecule has 0 saturated carbocycles. The molecule has 7 nitrogen and oxygen atoms in total. The summed E-state index contributed by atoms with van der Waals surface area (Å²) in [5, 5.41) is 13.0. The van der Waals surface area contributed by atoms with E-state index in [4.69, 9.17) is 0 Å². The van der Waals surface area contributed by atoms with Crippen molar-refractivity contribution in [2.24, 2.45) is 0 Å². The van der Waals surface area contributed by atoms with E-state index < -0.39 is 0 Å². The third-order valence-corrected chi connectivity index (χ3v) is 6.08. The number of rotatable bonds is 3. The second-order valence-electron chi connectivity index (χ2n) is 7.74. The first kappa shape index (κ1) is 19.3. The van der Waals surface area contributed by atoms with Crippen LogP contribution in [0.25, 0.3) is 0 Å². The lowest BCUT2D eigenvalue weighted by atomic mass is 9.72. The summed E-state index contributed by atoms with van der Waals surface area (Å²) in [5.41, 5.74) is 2.81. The van der Waals surface area contributed by atoms with E-state index in [0.717, 1.165) is 11.3 Å². The molecule has 1 saturated heterocycles. The zero-order valence-corrected chi connectivity index (χ0v) is 16.8. The van der Waals surface area contributed by atoms with E-state index in [1.807, 2.05) is 54.6 Å². The maximum absolute atomic E-state index is 13.2. The summed E-state index contributed by atoms with van der Waals surface area (Å²) in [6.45, 7) is 0.194. The van der Waals surface area contributed by atoms with Crippen molar-refractivity contribution in [3.8, 4) is 0 Å². The molecule has 156 valence electrons. The van der Waals surface area contributed by atoms with Crippen LogP contribution in [0.2, 0.25) is 0 Å². The Balaban J connectivity index is 1.48. The number of fused-ring (bicyclic) bond motifs is 3. The molecule has 0 radical (unpaired) electrons. The fourth-order valence-corrected chi connectivity index (χ4v) is 4.69. The number of nitrogens with zero attached hydrogens (tertiary/aromatic N) is 3. The van der Waals surface area contributed by atoms with Gasteiger partial charge in [-0.25, -0.2) is 4.79 Å². The molecule has 2 aliphatic rings. The fourth-order valence-electron chi connectivity index (χ4n) is 4.69. The Morgan fingerprint density at radius 3 is 2.48 bits per heavy atom. The molecule has 2 N–H and O–H groups in total. The predicted octanol–water partition coefficient (Wildman–Crippen LogP) is 3.10. The summed E-state index contributed by atoms with van der Waals surface area (Å²) in [6, 6.07) is 21.3. The SMILES string of the molecule is O=C(Nc1ccccc1)N1C[C@@H]2[C@H](c3ccccc31)[C@@H](CO)N2C(=O)c1ccccn1. The number of urea groups is 1. The molecule has 0 spiro atoms. The molecule has 1 aromatic heterocycles. The summed E-state index contributed by atoms with van der Waals surface area (Å²) in [6.07, 6.45) is 1.58. The number of aromatic nitrogens is 1. The Hall–Kier alpha value is -3.71. The highest BCUT2D eigenvalue weighted by Gasteiger charge is 2.55. The van der Waals surface area contributed by atoms with Gasteiger partial charge in [0.25, 0.3) is 5.91 Å². The quantitative estimate of drug-likeness (QED) is 0.690. The van der Waals surface area contributed by atoms with Crippen LogP contribution in [0, 0.1) is 0 Å². The van der Waals surface area contributed by atoms with Crippen molar-refractivity contribution in [3.63, 3.8) is 0 Å². The topological polar surface area (TPSA) is 85.8 Å². The molecule has 2 aromatic carbocycles. The molecular formula is C24H22N4O3. The van der Waals surface area contributed by atoms with E-state index in [-0.39, 0.29) is 36.5 Å². The maximum atomic E-state index is 13.2. The van der Waals surface area contributed by atoms with Gasteiger partial charge in [0.2, 0.25) is 0 Å². The van der Waals surface area contributed by atoms with Crippen LogP contribution in [0.5, 0.6) is 0 Å². The minimum Gasteiger partial charge on any atom is -0.394 e. The van der Waals surface area contributed by atoms with Gasteiger partial charge in [0.1, 0.15) is 5.69 Å². The van der Waals surface area contributed by atoms with Crippen LogP contribution < -0.4 is 10.2 Å². The first-order valence-electron chi connectivity index (χ1n) is 10.3. The van der Waals surface area contributed by atoms with E-state index in [2.05, 4.69) is 10.3 Å². The molecule has 3 atom stereocenters. The number of aliphatic hydroxyl groups is 1. The molecule has 0 unspecified atom stereocenters. The molecule has 5 rings (SSSR count). The Bertz CT molecular complexity index is 1110. The predicted molar refractivity (Wildman–Crippen MR) is 117 cm³/mol. The average molecular weight is 414 g/mol. The molecule has 3 amide bonds. The lowest BCUT2D eigenvalue weighted by Gasteiger charge is -2.58. The number of benzene rings is 2. The number of carbonyl (C=O) groups is 2. The van der Waals surface area contributed by atoms with E-state index in [0.29, 0.717) is 17.9 Å². The number of likely N-dealkylation sites (tertiary alicyclic amines) is 1. The van der Waals surface area contributed by atoms with Crippen LogP contribution in [-0.2, 0) is 0 Å². The number of carbonyl (C=O) groups excluding carboxylic acids is 2. The van der Waals surface area contributed by atoms with Crippen molar-refractivity contribution in [1.82, 2.24) is 9.88 Å². The minimum absolute atomic E-state index is 0.0327. The standard InChI is InChI=1S/C24H22N4O3/c29-15-21-22-17-10-4-5-12-19(17)27(24(31)26-16-8-2-1-3-9-16)14-20(22)28(21)23(30)18-11-6-7-13-25-18/h1-13,20-22,29H,14-15H2,(H,26,31)/t20-,21-,22+/m1/s1. The number of para-hydroxylation sites is 2. The molecule has 1 fully saturated rings. The number of aliphatic hydroxyl groups excluding tert-OH is 1. The molecule has 31 heavy (non-hydrogen) atoms. The number of amides is 3. The van der Waals surface area contributed by atoms with Crippen molar-refractivity contribution in [3.05, 3.63) is 90.3 Å². The molecule has 3 aromatic rings. The van der Waals surface area contributed by atoms with Crippen LogP contribution in [0.4, 0.5) is 16.2 Å². The van der Waals surface area contributed by atoms with Gasteiger partial charge in [-0.3, -0.25) is 14.7 Å². The van der Waals surface area contributed by atoms with Crippen molar-refractivity contribution < 1.29 is 14.7 Å². The fraction of sp³-hybridized carbons (Fsp3) is 0.208. The third kappa shape index (κ3) is 3.23. The number of hydrogen-bond donors (Lipinski definition) is 2. The zero-order chi connectivity index (χ0) is 21.4. The van der Waals surface area contributed by atoms with Crippen molar-refractivity contribution in [1.29, 1.82) is 0 Å². The summed E-state index contributed by atoms with van der Waals surface area (Å²) in [5.74, 6) is -0.265. The van der Waals surface area contributed by atoms with Crippen LogP contribution in [0.1, 0.15) is 22.0 Å². The Labute approximate surface area is 179 Å². The van der Waals surface area contributed by atoms with Crippen LogP contribution >= 0.6 is 0 Å². The zero-order valence-electron chi connectivity index (χ0n) is 16.8. The van der Waals surface area contributed by atoms with Crippen LogP contribution in [0.15, 0.2) is 79.0 Å². The van der Waals surface area contributed by atoms with E-state index >= 15 is 0 Å². The summed E-state index contributed by atoms with van der Waals surface area (Å²) < 4.78 is 0. The normalized spacial score (nSPS) is 21.5. The van der Waals surface area contributed by atoms with Gasteiger partial charge in [-0.15, -0.1) is 0 Å². The van der Waals surface area contributed by atoms with E-state index in [1.54, 1.807) is 34.2 Å². The van der Waals surface area contributed by atoms with Crippen molar-refractivity contribution in [2.45, 2.75) is 18.0 Å². The summed E-state index contributed by atoms with van der Waals surface area (Å²) in [4.78, 5) is 33.8. The average Bonchev–Trinajstić information content (AvgIpc) is 2.80. The number of hydrogen-bond acceptors (Lipinski definition) is 4. The summed E-state index contributed by atoms with van der Waals surface area (Å²) >= 11 is 0. The summed E-state index contributed by atoms with van der Waals surface area (Å²) in [7, 11) is 0. The molecule has 3 heterocycles. The number of pyridine rings is 1. The van der Waals surface area contributed by atoms with Crippen LogP contribution in [0.3, 0.4) is 0 Å². The Morgan fingerprint density at radius 2 is 1.74 bits per heavy atom. The smallest absolute Gasteiger partial charge is 0.326 e. The van der Waals surface area contributed by atoms with E-state index in [1.165, 1.54) is 0 Å². The molecular weight excluding hydrogens is 392 g/mol. The van der Waals surface area contributed by atoms with Crippen LogP contribution in [-0.4, -0.2) is 52.2 Å². The van der Waals surface area contributed by atoms with Gasteiger partial charge < -0.3 is 15.3 Å². The first-order chi connectivity index (χ1) is 15.2. The van der Waals surface area contributed by atoms with E-state index in [9.17, 15) is 14.7 Å². The van der Waals surface area contributed by atoms with Gasteiger partial charge in [-0.1, -0.05) is 42.5 Å².